The van der Waals surface area contributed by atoms with Gasteiger partial charge in [-0.2, -0.15) is 0 Å². The SMILES string of the molecule is CC(NC(=O)c1cccc(CS(C)(=O)=O)c1)c1ccccc1Br. The van der Waals surface area contributed by atoms with Crippen LogP contribution in [0.15, 0.2) is 53.0 Å². The Morgan fingerprint density at radius 3 is 2.52 bits per heavy atom. The van der Waals surface area contributed by atoms with Crippen LogP contribution in [-0.4, -0.2) is 20.6 Å². The molecule has 1 amide bonds. The lowest BCUT2D eigenvalue weighted by molar-refractivity contribution is 0.0939. The predicted octanol–water partition coefficient (Wildman–Crippen LogP) is 3.48. The van der Waals surface area contributed by atoms with Crippen LogP contribution in [0.3, 0.4) is 0 Å². The fraction of sp³-hybridized carbons (Fsp3) is 0.235. The minimum Gasteiger partial charge on any atom is -0.345 e. The fourth-order valence-corrected chi connectivity index (χ4v) is 3.70. The van der Waals surface area contributed by atoms with Gasteiger partial charge in [0.15, 0.2) is 9.84 Å². The summed E-state index contributed by atoms with van der Waals surface area (Å²) in [6.45, 7) is 1.90. The quantitative estimate of drug-likeness (QED) is 0.842. The summed E-state index contributed by atoms with van der Waals surface area (Å²) < 4.78 is 23.7. The van der Waals surface area contributed by atoms with E-state index in [9.17, 15) is 13.2 Å². The highest BCUT2D eigenvalue weighted by Crippen LogP contribution is 2.23. The summed E-state index contributed by atoms with van der Waals surface area (Å²) in [6, 6.07) is 14.2. The summed E-state index contributed by atoms with van der Waals surface area (Å²) in [4.78, 5) is 12.4. The molecule has 0 spiro atoms. The molecule has 0 aromatic heterocycles. The summed E-state index contributed by atoms with van der Waals surface area (Å²) in [6.07, 6.45) is 1.18. The molecular weight excluding hydrogens is 378 g/mol. The normalized spacial score (nSPS) is 12.7. The van der Waals surface area contributed by atoms with Crippen molar-refractivity contribution >= 4 is 31.7 Å². The summed E-state index contributed by atoms with van der Waals surface area (Å²) in [7, 11) is -3.13. The van der Waals surface area contributed by atoms with E-state index in [0.717, 1.165) is 10.0 Å². The average molecular weight is 396 g/mol. The zero-order valence-electron chi connectivity index (χ0n) is 12.9. The first kappa shape index (κ1) is 17.7. The zero-order valence-corrected chi connectivity index (χ0v) is 15.3. The molecule has 0 fully saturated rings. The van der Waals surface area contributed by atoms with Crippen LogP contribution in [0, 0.1) is 0 Å². The van der Waals surface area contributed by atoms with Crippen LogP contribution >= 0.6 is 15.9 Å². The maximum Gasteiger partial charge on any atom is 0.251 e. The molecule has 0 bridgehead atoms. The third-order valence-corrected chi connectivity index (χ3v) is 4.92. The summed E-state index contributed by atoms with van der Waals surface area (Å²) in [5.41, 5.74) is 2.03. The summed E-state index contributed by atoms with van der Waals surface area (Å²) in [5, 5.41) is 2.92. The maximum atomic E-state index is 12.4. The minimum absolute atomic E-state index is 0.0755. The van der Waals surface area contributed by atoms with E-state index in [1.54, 1.807) is 24.3 Å². The van der Waals surface area contributed by atoms with Gasteiger partial charge in [0.05, 0.1) is 11.8 Å². The number of hydrogen-bond donors (Lipinski definition) is 1. The molecule has 2 aromatic carbocycles. The van der Waals surface area contributed by atoms with Crippen LogP contribution in [0.1, 0.15) is 34.5 Å². The molecule has 4 nitrogen and oxygen atoms in total. The Morgan fingerprint density at radius 1 is 1.17 bits per heavy atom. The Balaban J connectivity index is 2.15. The average Bonchev–Trinajstić information content (AvgIpc) is 2.46. The molecule has 1 unspecified atom stereocenters. The molecule has 2 rings (SSSR count). The topological polar surface area (TPSA) is 63.2 Å². The number of halogens is 1. The molecule has 2 aromatic rings. The lowest BCUT2D eigenvalue weighted by Crippen LogP contribution is -2.27. The number of hydrogen-bond acceptors (Lipinski definition) is 3. The second-order valence-electron chi connectivity index (χ2n) is 5.49. The van der Waals surface area contributed by atoms with E-state index >= 15 is 0 Å². The zero-order chi connectivity index (χ0) is 17.0. The highest BCUT2D eigenvalue weighted by molar-refractivity contribution is 9.10. The predicted molar refractivity (Wildman–Crippen MR) is 95.0 cm³/mol. The molecule has 0 saturated heterocycles. The van der Waals surface area contributed by atoms with Gasteiger partial charge in [0, 0.05) is 16.3 Å². The van der Waals surface area contributed by atoms with Gasteiger partial charge >= 0.3 is 0 Å². The molecule has 0 radical (unpaired) electrons. The first-order chi connectivity index (χ1) is 10.8. The van der Waals surface area contributed by atoms with Gasteiger partial charge in [-0.05, 0) is 36.2 Å². The molecule has 122 valence electrons. The summed E-state index contributed by atoms with van der Waals surface area (Å²) >= 11 is 3.47. The lowest BCUT2D eigenvalue weighted by atomic mass is 10.1. The number of carbonyl (C=O) groups excluding carboxylic acids is 1. The minimum atomic E-state index is -3.13. The number of carbonyl (C=O) groups is 1. The monoisotopic (exact) mass is 395 g/mol. The van der Waals surface area contributed by atoms with Gasteiger partial charge in [-0.3, -0.25) is 4.79 Å². The van der Waals surface area contributed by atoms with Gasteiger partial charge in [-0.15, -0.1) is 0 Å². The van der Waals surface area contributed by atoms with E-state index in [4.69, 9.17) is 0 Å². The molecule has 6 heteroatoms. The van der Waals surface area contributed by atoms with Gasteiger partial charge in [-0.25, -0.2) is 8.42 Å². The number of nitrogens with one attached hydrogen (secondary N) is 1. The first-order valence-corrected chi connectivity index (χ1v) is 9.93. The largest absolute Gasteiger partial charge is 0.345 e. The van der Waals surface area contributed by atoms with Crippen molar-refractivity contribution in [1.29, 1.82) is 0 Å². The van der Waals surface area contributed by atoms with Crippen molar-refractivity contribution in [3.05, 3.63) is 69.7 Å². The second kappa shape index (κ2) is 7.27. The number of benzene rings is 2. The van der Waals surface area contributed by atoms with Crippen molar-refractivity contribution in [3.63, 3.8) is 0 Å². The highest BCUT2D eigenvalue weighted by atomic mass is 79.9. The first-order valence-electron chi connectivity index (χ1n) is 7.08. The van der Waals surface area contributed by atoms with Gasteiger partial charge in [0.25, 0.3) is 5.91 Å². The molecule has 1 N–H and O–H groups in total. The van der Waals surface area contributed by atoms with Crippen molar-refractivity contribution in [2.75, 3.05) is 6.26 Å². The van der Waals surface area contributed by atoms with Gasteiger partial charge in [0.1, 0.15) is 0 Å². The van der Waals surface area contributed by atoms with E-state index in [1.165, 1.54) is 6.26 Å². The van der Waals surface area contributed by atoms with E-state index in [2.05, 4.69) is 21.2 Å². The molecule has 1 atom stereocenters. The van der Waals surface area contributed by atoms with Crippen LogP contribution in [0.2, 0.25) is 0 Å². The molecule has 0 heterocycles. The van der Waals surface area contributed by atoms with E-state index in [-0.39, 0.29) is 17.7 Å². The van der Waals surface area contributed by atoms with Crippen LogP contribution in [-0.2, 0) is 15.6 Å². The Kier molecular flexibility index (Phi) is 5.59. The van der Waals surface area contributed by atoms with Crippen molar-refractivity contribution in [2.24, 2.45) is 0 Å². The van der Waals surface area contributed by atoms with Gasteiger partial charge in [-0.1, -0.05) is 46.3 Å². The fourth-order valence-electron chi connectivity index (χ4n) is 2.29. The van der Waals surface area contributed by atoms with Gasteiger partial charge in [0.2, 0.25) is 0 Å². The molecule has 23 heavy (non-hydrogen) atoms. The second-order valence-corrected chi connectivity index (χ2v) is 8.48. The van der Waals surface area contributed by atoms with Crippen LogP contribution in [0.5, 0.6) is 0 Å². The maximum absolute atomic E-state index is 12.4. The lowest BCUT2D eigenvalue weighted by Gasteiger charge is -2.16. The Morgan fingerprint density at radius 2 is 1.87 bits per heavy atom. The third kappa shape index (κ3) is 5.18. The molecule has 0 aliphatic carbocycles. The van der Waals surface area contributed by atoms with E-state index in [0.29, 0.717) is 11.1 Å². The third-order valence-electron chi connectivity index (χ3n) is 3.34. The smallest absolute Gasteiger partial charge is 0.251 e. The Hall–Kier alpha value is -1.66. The van der Waals surface area contributed by atoms with Crippen molar-refractivity contribution < 1.29 is 13.2 Å². The summed E-state index contributed by atoms with van der Waals surface area (Å²) in [5.74, 6) is -0.308. The van der Waals surface area contributed by atoms with Crippen LogP contribution in [0.25, 0.3) is 0 Å². The number of rotatable bonds is 5. The molecule has 0 aliphatic rings. The van der Waals surface area contributed by atoms with E-state index < -0.39 is 9.84 Å². The number of sulfone groups is 1. The van der Waals surface area contributed by atoms with Crippen LogP contribution < -0.4 is 5.32 Å². The number of amides is 1. The Bertz CT molecular complexity index is 818. The molecule has 0 aliphatic heterocycles. The van der Waals surface area contributed by atoms with E-state index in [1.807, 2.05) is 31.2 Å². The molecule has 0 saturated carbocycles. The highest BCUT2D eigenvalue weighted by Gasteiger charge is 2.14. The van der Waals surface area contributed by atoms with Gasteiger partial charge < -0.3 is 5.32 Å². The van der Waals surface area contributed by atoms with Crippen molar-refractivity contribution in [1.82, 2.24) is 5.32 Å². The molecular formula is C17H18BrNO3S. The Labute approximate surface area is 145 Å². The van der Waals surface area contributed by atoms with Crippen LogP contribution in [0.4, 0.5) is 0 Å². The standard InChI is InChI=1S/C17H18BrNO3S/c1-12(15-8-3-4-9-16(15)18)19-17(20)14-7-5-6-13(10-14)11-23(2,21)22/h3-10,12H,11H2,1-2H3,(H,19,20). The van der Waals surface area contributed by atoms with Crippen molar-refractivity contribution in [3.8, 4) is 0 Å². The van der Waals surface area contributed by atoms with Crippen molar-refractivity contribution in [2.45, 2.75) is 18.7 Å².